The molecule has 0 atom stereocenters. The zero-order valence-electron chi connectivity index (χ0n) is 12.2. The highest BCUT2D eigenvalue weighted by Gasteiger charge is 2.25. The molecule has 0 aliphatic carbocycles. The number of amides is 2. The van der Waals surface area contributed by atoms with Gasteiger partial charge in [0.15, 0.2) is 0 Å². The summed E-state index contributed by atoms with van der Waals surface area (Å²) in [6.07, 6.45) is 0. The molecule has 8 heteroatoms. The molecule has 0 unspecified atom stereocenters. The van der Waals surface area contributed by atoms with Crippen molar-refractivity contribution in [2.45, 2.75) is 0 Å². The summed E-state index contributed by atoms with van der Waals surface area (Å²) in [5.41, 5.74) is 12.0. The molecule has 0 spiro atoms. The largest absolute Gasteiger partial charge is 0.398 e. The molecule has 1 fully saturated rings. The molecule has 7 nitrogen and oxygen atoms in total. The molecule has 1 saturated heterocycles. The van der Waals surface area contributed by atoms with Crippen molar-refractivity contribution in [3.05, 3.63) is 23.2 Å². The van der Waals surface area contributed by atoms with Gasteiger partial charge >= 0.3 is 11.8 Å². The maximum atomic E-state index is 12.1. The number of nitrogen functional groups attached to an aromatic ring is 1. The fourth-order valence-electron chi connectivity index (χ4n) is 2.29. The van der Waals surface area contributed by atoms with Gasteiger partial charge in [0.25, 0.3) is 0 Å². The monoisotopic (exact) mass is 325 g/mol. The maximum absolute atomic E-state index is 12.1. The Morgan fingerprint density at radius 1 is 1.23 bits per heavy atom. The standard InChI is InChI=1S/C14H20ClN5O2/c15-11-9-10(1-2-12(11)17)18-13(21)14(22)20-7-5-19(4-3-16)6-8-20/h1-2,9H,3-8,16-17H2,(H,18,21). The first-order valence-corrected chi connectivity index (χ1v) is 7.46. The number of halogens is 1. The first kappa shape index (κ1) is 16.5. The van der Waals surface area contributed by atoms with E-state index in [2.05, 4.69) is 10.2 Å². The van der Waals surface area contributed by atoms with Gasteiger partial charge in [0.1, 0.15) is 0 Å². The first-order chi connectivity index (χ1) is 10.5. The molecular weight excluding hydrogens is 306 g/mol. The molecule has 1 aromatic rings. The van der Waals surface area contributed by atoms with Crippen LogP contribution in [-0.2, 0) is 9.59 Å². The molecule has 1 aromatic carbocycles. The van der Waals surface area contributed by atoms with E-state index in [1.54, 1.807) is 17.0 Å². The van der Waals surface area contributed by atoms with Gasteiger partial charge in [-0.25, -0.2) is 0 Å². The van der Waals surface area contributed by atoms with Crippen molar-refractivity contribution in [3.63, 3.8) is 0 Å². The number of anilines is 2. The van der Waals surface area contributed by atoms with Crippen LogP contribution < -0.4 is 16.8 Å². The topological polar surface area (TPSA) is 105 Å². The Balaban J connectivity index is 1.90. The predicted octanol–water partition coefficient (Wildman–Crippen LogP) is -0.0364. The summed E-state index contributed by atoms with van der Waals surface area (Å²) in [5, 5.41) is 2.87. The molecule has 22 heavy (non-hydrogen) atoms. The highest BCUT2D eigenvalue weighted by molar-refractivity contribution is 6.40. The quantitative estimate of drug-likeness (QED) is 0.534. The van der Waals surface area contributed by atoms with E-state index in [1.807, 2.05) is 0 Å². The van der Waals surface area contributed by atoms with E-state index in [9.17, 15) is 9.59 Å². The summed E-state index contributed by atoms with van der Waals surface area (Å²) in [6.45, 7) is 3.89. The number of nitrogens with one attached hydrogen (secondary N) is 1. The first-order valence-electron chi connectivity index (χ1n) is 7.09. The van der Waals surface area contributed by atoms with E-state index >= 15 is 0 Å². The summed E-state index contributed by atoms with van der Waals surface area (Å²) in [7, 11) is 0. The van der Waals surface area contributed by atoms with E-state index in [1.165, 1.54) is 6.07 Å². The lowest BCUT2D eigenvalue weighted by Gasteiger charge is -2.34. The van der Waals surface area contributed by atoms with Crippen molar-refractivity contribution in [2.75, 3.05) is 50.3 Å². The van der Waals surface area contributed by atoms with Gasteiger partial charge in [0, 0.05) is 45.0 Å². The second kappa shape index (κ2) is 7.44. The lowest BCUT2D eigenvalue weighted by Crippen LogP contribution is -2.52. The lowest BCUT2D eigenvalue weighted by atomic mass is 10.2. The Morgan fingerprint density at radius 2 is 1.91 bits per heavy atom. The highest BCUT2D eigenvalue weighted by atomic mass is 35.5. The zero-order valence-corrected chi connectivity index (χ0v) is 13.0. The molecule has 1 heterocycles. The number of rotatable bonds is 3. The number of nitrogens with zero attached hydrogens (tertiary/aromatic N) is 2. The Morgan fingerprint density at radius 3 is 2.50 bits per heavy atom. The molecule has 1 aliphatic heterocycles. The van der Waals surface area contributed by atoms with Crippen LogP contribution in [0.1, 0.15) is 0 Å². The molecule has 2 amide bonds. The minimum absolute atomic E-state index is 0.334. The second-order valence-corrected chi connectivity index (χ2v) is 5.52. The summed E-state index contributed by atoms with van der Waals surface area (Å²) < 4.78 is 0. The zero-order chi connectivity index (χ0) is 16.1. The van der Waals surface area contributed by atoms with Crippen molar-refractivity contribution in [1.29, 1.82) is 0 Å². The molecule has 120 valence electrons. The average molecular weight is 326 g/mol. The number of carbonyl (C=O) groups is 2. The normalized spacial score (nSPS) is 15.6. The molecular formula is C14H20ClN5O2. The van der Waals surface area contributed by atoms with Crippen LogP contribution in [0.3, 0.4) is 0 Å². The van der Waals surface area contributed by atoms with E-state index in [0.29, 0.717) is 36.0 Å². The highest BCUT2D eigenvalue weighted by Crippen LogP contribution is 2.22. The van der Waals surface area contributed by atoms with Gasteiger partial charge < -0.3 is 21.7 Å². The Kier molecular flexibility index (Phi) is 5.59. The molecule has 1 aliphatic rings. The summed E-state index contributed by atoms with van der Waals surface area (Å²) in [6, 6.07) is 4.70. The molecule has 2 rings (SSSR count). The number of hydrogen-bond acceptors (Lipinski definition) is 5. The Hall–Kier alpha value is -1.83. The fourth-order valence-corrected chi connectivity index (χ4v) is 2.47. The number of carbonyl (C=O) groups excluding carboxylic acids is 2. The smallest absolute Gasteiger partial charge is 0.313 e. The molecule has 0 bridgehead atoms. The van der Waals surface area contributed by atoms with Crippen LogP contribution in [0.2, 0.25) is 5.02 Å². The Bertz CT molecular complexity index is 558. The third-order valence-corrected chi connectivity index (χ3v) is 3.88. The van der Waals surface area contributed by atoms with Crippen molar-refractivity contribution < 1.29 is 9.59 Å². The summed E-state index contributed by atoms with van der Waals surface area (Å²) in [5.74, 6) is -1.21. The lowest BCUT2D eigenvalue weighted by molar-refractivity contribution is -0.144. The van der Waals surface area contributed by atoms with Crippen molar-refractivity contribution in [1.82, 2.24) is 9.80 Å². The fraction of sp³-hybridized carbons (Fsp3) is 0.429. The van der Waals surface area contributed by atoms with Crippen LogP contribution in [0, 0.1) is 0 Å². The molecule has 0 radical (unpaired) electrons. The minimum atomic E-state index is -0.673. The van der Waals surface area contributed by atoms with Crippen LogP contribution in [0.4, 0.5) is 11.4 Å². The van der Waals surface area contributed by atoms with Gasteiger partial charge in [0.05, 0.1) is 10.7 Å². The van der Waals surface area contributed by atoms with Crippen LogP contribution in [0.15, 0.2) is 18.2 Å². The predicted molar refractivity (Wildman–Crippen MR) is 86.6 cm³/mol. The van der Waals surface area contributed by atoms with Gasteiger partial charge in [-0.05, 0) is 18.2 Å². The van der Waals surface area contributed by atoms with Crippen LogP contribution in [0.5, 0.6) is 0 Å². The second-order valence-electron chi connectivity index (χ2n) is 5.11. The number of hydrogen-bond donors (Lipinski definition) is 3. The number of benzene rings is 1. The van der Waals surface area contributed by atoms with Crippen molar-refractivity contribution in [3.8, 4) is 0 Å². The average Bonchev–Trinajstić information content (AvgIpc) is 2.51. The third-order valence-electron chi connectivity index (χ3n) is 3.56. The van der Waals surface area contributed by atoms with Crippen LogP contribution in [-0.4, -0.2) is 60.9 Å². The molecule has 0 aromatic heterocycles. The van der Waals surface area contributed by atoms with Crippen molar-refractivity contribution in [2.24, 2.45) is 5.73 Å². The van der Waals surface area contributed by atoms with Crippen LogP contribution >= 0.6 is 11.6 Å². The van der Waals surface area contributed by atoms with Gasteiger partial charge in [0.2, 0.25) is 0 Å². The summed E-state index contributed by atoms with van der Waals surface area (Å²) >= 11 is 5.88. The Labute approximate surface area is 134 Å². The number of piperazine rings is 1. The van der Waals surface area contributed by atoms with Gasteiger partial charge in [-0.3, -0.25) is 14.5 Å². The molecule has 0 saturated carbocycles. The van der Waals surface area contributed by atoms with E-state index < -0.39 is 11.8 Å². The van der Waals surface area contributed by atoms with Gasteiger partial charge in [-0.2, -0.15) is 0 Å². The minimum Gasteiger partial charge on any atom is -0.398 e. The number of nitrogens with two attached hydrogens (primary N) is 2. The SMILES string of the molecule is NCCN1CCN(C(=O)C(=O)Nc2ccc(N)c(Cl)c2)CC1. The summed E-state index contributed by atoms with van der Waals surface area (Å²) in [4.78, 5) is 27.8. The van der Waals surface area contributed by atoms with E-state index in [4.69, 9.17) is 23.1 Å². The van der Waals surface area contributed by atoms with E-state index in [-0.39, 0.29) is 0 Å². The third kappa shape index (κ3) is 4.09. The maximum Gasteiger partial charge on any atom is 0.313 e. The van der Waals surface area contributed by atoms with Crippen LogP contribution in [0.25, 0.3) is 0 Å². The van der Waals surface area contributed by atoms with Crippen molar-refractivity contribution >= 4 is 34.8 Å². The van der Waals surface area contributed by atoms with Gasteiger partial charge in [-0.15, -0.1) is 0 Å². The van der Waals surface area contributed by atoms with E-state index in [0.717, 1.165) is 19.6 Å². The van der Waals surface area contributed by atoms with Gasteiger partial charge in [-0.1, -0.05) is 11.6 Å². The molecule has 5 N–H and O–H groups in total.